The van der Waals surface area contributed by atoms with Crippen LogP contribution >= 0.6 is 0 Å². The Kier molecular flexibility index (Phi) is 7.45. The number of para-hydroxylation sites is 1. The number of carbonyl (C=O) groups excluding carboxylic acids is 1. The van der Waals surface area contributed by atoms with Crippen LogP contribution in [0.3, 0.4) is 0 Å². The topological polar surface area (TPSA) is 92.7 Å². The third-order valence-corrected chi connectivity index (χ3v) is 4.01. The highest BCUT2D eigenvalue weighted by Crippen LogP contribution is 2.08. The number of carboxylic acids is 1. The van der Waals surface area contributed by atoms with E-state index in [-0.39, 0.29) is 5.75 Å². The van der Waals surface area contributed by atoms with Crippen LogP contribution in [0.5, 0.6) is 5.75 Å². The minimum absolute atomic E-state index is 0.0970. The summed E-state index contributed by atoms with van der Waals surface area (Å²) >= 11 is 0. The average Bonchev–Trinajstić information content (AvgIpc) is 2.43. The molecular formula is C14H19NO5S. The van der Waals surface area contributed by atoms with E-state index >= 15 is 0 Å². The number of amides is 1. The summed E-state index contributed by atoms with van der Waals surface area (Å²) in [4.78, 5) is 21.8. The summed E-state index contributed by atoms with van der Waals surface area (Å²) in [7, 11) is -1.32. The summed E-state index contributed by atoms with van der Waals surface area (Å²) in [5.74, 6) is -0.660. The van der Waals surface area contributed by atoms with Crippen molar-refractivity contribution in [2.45, 2.75) is 19.4 Å². The fourth-order valence-electron chi connectivity index (χ4n) is 1.62. The molecular weight excluding hydrogens is 294 g/mol. The molecule has 0 aliphatic rings. The molecule has 0 radical (unpaired) electrons. The van der Waals surface area contributed by atoms with Crippen LogP contribution in [0.1, 0.15) is 13.3 Å². The third kappa shape index (κ3) is 7.45. The van der Waals surface area contributed by atoms with Crippen molar-refractivity contribution < 1.29 is 23.6 Å². The number of nitrogens with one attached hydrogen (secondary N) is 1. The lowest BCUT2D eigenvalue weighted by molar-refractivity contribution is -0.140. The lowest BCUT2D eigenvalue weighted by atomic mass is 10.3. The Bertz CT molecular complexity index is 491. The number of ether oxygens (including phenoxy) is 1. The van der Waals surface area contributed by atoms with Crippen LogP contribution in [0.2, 0.25) is 0 Å². The maximum Gasteiger partial charge on any atom is 0.327 e. The van der Waals surface area contributed by atoms with Crippen molar-refractivity contribution in [3.63, 3.8) is 0 Å². The van der Waals surface area contributed by atoms with E-state index in [1.54, 1.807) is 0 Å². The number of benzene rings is 1. The normalized spacial score (nSPS) is 13.2. The van der Waals surface area contributed by atoms with E-state index in [1.807, 2.05) is 30.3 Å². The first-order valence-corrected chi connectivity index (χ1v) is 8.00. The van der Waals surface area contributed by atoms with Gasteiger partial charge in [-0.05, 0) is 18.6 Å². The predicted molar refractivity (Wildman–Crippen MR) is 79.7 cm³/mol. The second kappa shape index (κ2) is 9.12. The molecule has 0 fully saturated rings. The molecule has 1 unspecified atom stereocenters. The van der Waals surface area contributed by atoms with E-state index < -0.39 is 28.7 Å². The van der Waals surface area contributed by atoms with Crippen LogP contribution in [0.4, 0.5) is 0 Å². The van der Waals surface area contributed by atoms with Crippen molar-refractivity contribution in [3.05, 3.63) is 30.3 Å². The van der Waals surface area contributed by atoms with Gasteiger partial charge in [-0.2, -0.15) is 0 Å². The van der Waals surface area contributed by atoms with E-state index in [1.165, 1.54) is 6.92 Å². The molecule has 0 heterocycles. The van der Waals surface area contributed by atoms with E-state index in [2.05, 4.69) is 5.32 Å². The Morgan fingerprint density at radius 2 is 2.00 bits per heavy atom. The zero-order chi connectivity index (χ0) is 15.7. The lowest BCUT2D eigenvalue weighted by Crippen LogP contribution is -2.43. The van der Waals surface area contributed by atoms with Crippen LogP contribution in [0, 0.1) is 0 Å². The number of hydrogen-bond donors (Lipinski definition) is 2. The number of aliphatic carboxylic acids is 1. The Morgan fingerprint density at radius 3 is 2.57 bits per heavy atom. The van der Waals surface area contributed by atoms with E-state index in [0.717, 1.165) is 5.75 Å². The maximum absolute atomic E-state index is 11.8. The molecule has 21 heavy (non-hydrogen) atoms. The highest BCUT2D eigenvalue weighted by Gasteiger charge is 2.20. The van der Waals surface area contributed by atoms with Gasteiger partial charge < -0.3 is 15.2 Å². The second-order valence-electron chi connectivity index (χ2n) is 4.42. The summed E-state index contributed by atoms with van der Waals surface area (Å²) in [6, 6.07) is 8.15. The van der Waals surface area contributed by atoms with Gasteiger partial charge in [-0.15, -0.1) is 0 Å². The molecule has 1 amide bonds. The van der Waals surface area contributed by atoms with Crippen molar-refractivity contribution in [1.29, 1.82) is 0 Å². The Labute approximate surface area is 126 Å². The van der Waals surface area contributed by atoms with Crippen LogP contribution in [0.25, 0.3) is 0 Å². The molecule has 1 aromatic carbocycles. The van der Waals surface area contributed by atoms with Crippen LogP contribution < -0.4 is 10.1 Å². The molecule has 0 saturated heterocycles. The Morgan fingerprint density at radius 1 is 1.33 bits per heavy atom. The van der Waals surface area contributed by atoms with Gasteiger partial charge in [0.1, 0.15) is 11.8 Å². The number of hydrogen-bond acceptors (Lipinski definition) is 4. The van der Waals surface area contributed by atoms with Gasteiger partial charge in [0.05, 0.1) is 12.4 Å². The second-order valence-corrected chi connectivity index (χ2v) is 6.04. The first-order chi connectivity index (χ1) is 9.99. The molecule has 2 N–H and O–H groups in total. The number of rotatable bonds is 9. The van der Waals surface area contributed by atoms with Gasteiger partial charge in [0.2, 0.25) is 5.91 Å². The molecule has 1 rings (SSSR count). The van der Waals surface area contributed by atoms with Crippen molar-refractivity contribution in [1.82, 2.24) is 5.32 Å². The minimum atomic E-state index is -1.32. The van der Waals surface area contributed by atoms with Crippen molar-refractivity contribution in [3.8, 4) is 5.75 Å². The van der Waals surface area contributed by atoms with Crippen molar-refractivity contribution in [2.24, 2.45) is 0 Å². The molecule has 6 nitrogen and oxygen atoms in total. The highest BCUT2D eigenvalue weighted by molar-refractivity contribution is 7.85. The molecule has 7 heteroatoms. The van der Waals surface area contributed by atoms with Gasteiger partial charge >= 0.3 is 5.97 Å². The zero-order valence-corrected chi connectivity index (χ0v) is 12.6. The molecule has 1 aromatic rings. The van der Waals surface area contributed by atoms with Crippen molar-refractivity contribution in [2.75, 3.05) is 18.1 Å². The molecule has 2 atom stereocenters. The summed E-state index contributed by atoms with van der Waals surface area (Å²) in [5.41, 5.74) is 0. The van der Waals surface area contributed by atoms with Crippen LogP contribution in [-0.4, -0.2) is 45.3 Å². The molecule has 0 spiro atoms. The van der Waals surface area contributed by atoms with E-state index in [9.17, 15) is 13.8 Å². The van der Waals surface area contributed by atoms with Crippen LogP contribution in [0.15, 0.2) is 30.3 Å². The molecule has 0 bridgehead atoms. The van der Waals surface area contributed by atoms with Gasteiger partial charge in [-0.3, -0.25) is 9.00 Å². The Hall–Kier alpha value is -1.89. The quantitative estimate of drug-likeness (QED) is 0.658. The molecule has 0 aliphatic heterocycles. The lowest BCUT2D eigenvalue weighted by Gasteiger charge is -2.12. The summed E-state index contributed by atoms with van der Waals surface area (Å²) < 4.78 is 17.2. The molecule has 0 aliphatic carbocycles. The smallest absolute Gasteiger partial charge is 0.327 e. The fourth-order valence-corrected chi connectivity index (χ4v) is 2.82. The first-order valence-electron chi connectivity index (χ1n) is 6.51. The monoisotopic (exact) mass is 313 g/mol. The average molecular weight is 313 g/mol. The van der Waals surface area contributed by atoms with Gasteiger partial charge in [-0.25, -0.2) is 4.79 Å². The van der Waals surface area contributed by atoms with E-state index in [0.29, 0.717) is 18.8 Å². The number of carboxylic acid groups (broad SMARTS) is 1. The third-order valence-electron chi connectivity index (χ3n) is 2.56. The van der Waals surface area contributed by atoms with Gasteiger partial charge in [0.25, 0.3) is 0 Å². The van der Waals surface area contributed by atoms with E-state index in [4.69, 9.17) is 9.84 Å². The number of carbonyl (C=O) groups is 2. The first kappa shape index (κ1) is 17.2. The minimum Gasteiger partial charge on any atom is -0.494 e. The van der Waals surface area contributed by atoms with Gasteiger partial charge in [0, 0.05) is 23.5 Å². The maximum atomic E-state index is 11.8. The highest BCUT2D eigenvalue weighted by atomic mass is 32.2. The van der Waals surface area contributed by atoms with Crippen LogP contribution in [-0.2, 0) is 20.4 Å². The fraction of sp³-hybridized carbons (Fsp3) is 0.429. The molecule has 116 valence electrons. The molecule has 0 aromatic heterocycles. The SMILES string of the molecule is CC(=O)N[C@@H](CS(=O)CCCOc1ccccc1)C(=O)O. The molecule has 0 saturated carbocycles. The zero-order valence-electron chi connectivity index (χ0n) is 11.8. The van der Waals surface area contributed by atoms with Gasteiger partial charge in [0.15, 0.2) is 0 Å². The van der Waals surface area contributed by atoms with Crippen molar-refractivity contribution >= 4 is 22.7 Å². The largest absolute Gasteiger partial charge is 0.494 e. The summed E-state index contributed by atoms with van der Waals surface area (Å²) in [6.07, 6.45) is 0.550. The summed E-state index contributed by atoms with van der Waals surface area (Å²) in [6.45, 7) is 1.64. The predicted octanol–water partition coefficient (Wildman–Crippen LogP) is 0.793. The summed E-state index contributed by atoms with van der Waals surface area (Å²) in [5, 5.41) is 11.2. The van der Waals surface area contributed by atoms with Gasteiger partial charge in [-0.1, -0.05) is 18.2 Å². The standard InChI is InChI=1S/C14H19NO5S/c1-11(16)15-13(14(17)18)10-21(19)9-5-8-20-12-6-3-2-4-7-12/h2-4,6-7,13H,5,8-10H2,1H3,(H,15,16)(H,17,18)/t13-,21?/m0/s1. The Balaban J connectivity index is 2.26.